The molecule has 0 amide bonds. The number of aromatic nitrogens is 3. The molecule has 2 heterocycles. The summed E-state index contributed by atoms with van der Waals surface area (Å²) in [6.45, 7) is 1.29. The van der Waals surface area contributed by atoms with Gasteiger partial charge in [-0.25, -0.2) is 9.89 Å². The van der Waals surface area contributed by atoms with Gasteiger partial charge in [-0.3, -0.25) is 4.57 Å². The fraction of sp³-hybridized carbons (Fsp3) is 0.818. The lowest BCUT2D eigenvalue weighted by Crippen LogP contribution is -2.39. The summed E-state index contributed by atoms with van der Waals surface area (Å²) >= 11 is 0. The Bertz CT molecular complexity index is 452. The van der Waals surface area contributed by atoms with Crippen molar-refractivity contribution in [2.24, 2.45) is 5.73 Å². The SMILES string of the molecule is NC1(c2n[nH]c(=O)n2C2CCOC2)CCCC1. The second-order valence-electron chi connectivity index (χ2n) is 5.10. The van der Waals surface area contributed by atoms with Gasteiger partial charge in [-0.15, -0.1) is 0 Å². The Hall–Kier alpha value is -1.14. The molecule has 0 bridgehead atoms. The molecule has 94 valence electrons. The van der Waals surface area contributed by atoms with Gasteiger partial charge in [0, 0.05) is 6.61 Å². The third-order valence-corrected chi connectivity index (χ3v) is 3.92. The van der Waals surface area contributed by atoms with E-state index in [2.05, 4.69) is 10.2 Å². The molecule has 1 aliphatic heterocycles. The monoisotopic (exact) mass is 238 g/mol. The van der Waals surface area contributed by atoms with Crippen LogP contribution in [0, 0.1) is 0 Å². The lowest BCUT2D eigenvalue weighted by atomic mass is 9.97. The van der Waals surface area contributed by atoms with Crippen molar-refractivity contribution in [2.45, 2.75) is 43.7 Å². The summed E-state index contributed by atoms with van der Waals surface area (Å²) in [6.07, 6.45) is 4.90. The lowest BCUT2D eigenvalue weighted by molar-refractivity contribution is 0.184. The minimum atomic E-state index is -0.429. The molecule has 3 rings (SSSR count). The summed E-state index contributed by atoms with van der Waals surface area (Å²) < 4.78 is 7.06. The molecule has 1 saturated carbocycles. The van der Waals surface area contributed by atoms with Crippen molar-refractivity contribution in [1.82, 2.24) is 14.8 Å². The smallest absolute Gasteiger partial charge is 0.343 e. The molecule has 2 fully saturated rings. The van der Waals surface area contributed by atoms with Crippen molar-refractivity contribution in [2.75, 3.05) is 13.2 Å². The van der Waals surface area contributed by atoms with Crippen LogP contribution in [0.1, 0.15) is 44.0 Å². The zero-order chi connectivity index (χ0) is 11.9. The number of hydrogen-bond donors (Lipinski definition) is 2. The van der Waals surface area contributed by atoms with Gasteiger partial charge in [0.1, 0.15) is 0 Å². The quantitative estimate of drug-likeness (QED) is 0.774. The van der Waals surface area contributed by atoms with Crippen molar-refractivity contribution in [3.63, 3.8) is 0 Å². The van der Waals surface area contributed by atoms with Crippen LogP contribution < -0.4 is 11.4 Å². The molecular formula is C11H18N4O2. The molecule has 1 atom stereocenters. The molecular weight excluding hydrogens is 220 g/mol. The summed E-state index contributed by atoms with van der Waals surface area (Å²) in [7, 11) is 0. The molecule has 6 heteroatoms. The molecule has 1 aromatic rings. The van der Waals surface area contributed by atoms with Gasteiger partial charge in [0.15, 0.2) is 5.82 Å². The fourth-order valence-electron chi connectivity index (χ4n) is 2.95. The zero-order valence-electron chi connectivity index (χ0n) is 9.82. The van der Waals surface area contributed by atoms with E-state index in [1.54, 1.807) is 4.57 Å². The molecule has 1 aromatic heterocycles. The van der Waals surface area contributed by atoms with E-state index in [0.29, 0.717) is 13.2 Å². The highest BCUT2D eigenvalue weighted by molar-refractivity contribution is 5.09. The third kappa shape index (κ3) is 1.71. The maximum atomic E-state index is 11.9. The first-order valence-corrected chi connectivity index (χ1v) is 6.25. The van der Waals surface area contributed by atoms with Crippen LogP contribution in [0.4, 0.5) is 0 Å². The normalized spacial score (nSPS) is 27.7. The number of rotatable bonds is 2. The number of aromatic amines is 1. The van der Waals surface area contributed by atoms with E-state index in [4.69, 9.17) is 10.5 Å². The summed E-state index contributed by atoms with van der Waals surface area (Å²) in [5.74, 6) is 0.718. The predicted octanol–water partition coefficient (Wildman–Crippen LogP) is 0.261. The molecule has 0 radical (unpaired) electrons. The van der Waals surface area contributed by atoms with Gasteiger partial charge >= 0.3 is 5.69 Å². The van der Waals surface area contributed by atoms with Crippen LogP contribution in [0.5, 0.6) is 0 Å². The molecule has 6 nitrogen and oxygen atoms in total. The third-order valence-electron chi connectivity index (χ3n) is 3.92. The highest BCUT2D eigenvalue weighted by Gasteiger charge is 2.38. The average molecular weight is 238 g/mol. The van der Waals surface area contributed by atoms with Crippen molar-refractivity contribution < 1.29 is 4.74 Å². The molecule has 0 aromatic carbocycles. The molecule has 3 N–H and O–H groups in total. The first-order valence-electron chi connectivity index (χ1n) is 6.25. The molecule has 2 aliphatic rings. The molecule has 17 heavy (non-hydrogen) atoms. The molecule has 1 saturated heterocycles. The minimum Gasteiger partial charge on any atom is -0.379 e. The van der Waals surface area contributed by atoms with Gasteiger partial charge in [-0.2, -0.15) is 5.10 Å². The lowest BCUT2D eigenvalue weighted by Gasteiger charge is -2.24. The second kappa shape index (κ2) is 3.96. The van der Waals surface area contributed by atoms with Gasteiger partial charge in [-0.1, -0.05) is 12.8 Å². The number of nitrogens with one attached hydrogen (secondary N) is 1. The molecule has 1 aliphatic carbocycles. The highest BCUT2D eigenvalue weighted by Crippen LogP contribution is 2.36. The number of nitrogens with zero attached hydrogens (tertiary/aromatic N) is 2. The van der Waals surface area contributed by atoms with E-state index in [1.807, 2.05) is 0 Å². The summed E-state index contributed by atoms with van der Waals surface area (Å²) in [6, 6.07) is 0.0947. The van der Waals surface area contributed by atoms with Gasteiger partial charge in [0.25, 0.3) is 0 Å². The predicted molar refractivity (Wildman–Crippen MR) is 61.7 cm³/mol. The largest absolute Gasteiger partial charge is 0.379 e. The number of nitrogens with two attached hydrogens (primary N) is 1. The van der Waals surface area contributed by atoms with Crippen LogP contribution in [-0.2, 0) is 10.3 Å². The van der Waals surface area contributed by atoms with Crippen molar-refractivity contribution >= 4 is 0 Å². The van der Waals surface area contributed by atoms with Gasteiger partial charge in [0.2, 0.25) is 0 Å². The average Bonchev–Trinajstić information content (AvgIpc) is 2.97. The van der Waals surface area contributed by atoms with Crippen molar-refractivity contribution in [1.29, 1.82) is 0 Å². The second-order valence-corrected chi connectivity index (χ2v) is 5.10. The topological polar surface area (TPSA) is 85.9 Å². The maximum Gasteiger partial charge on any atom is 0.343 e. The highest BCUT2D eigenvalue weighted by atomic mass is 16.5. The maximum absolute atomic E-state index is 11.9. The van der Waals surface area contributed by atoms with Crippen LogP contribution >= 0.6 is 0 Å². The van der Waals surface area contributed by atoms with Gasteiger partial charge in [0.05, 0.1) is 18.2 Å². The van der Waals surface area contributed by atoms with Gasteiger partial charge in [-0.05, 0) is 19.3 Å². The van der Waals surface area contributed by atoms with E-state index in [9.17, 15) is 4.79 Å². The Labute approximate surface area is 99.1 Å². The van der Waals surface area contributed by atoms with E-state index in [1.165, 1.54) is 0 Å². The van der Waals surface area contributed by atoms with E-state index >= 15 is 0 Å². The fourth-order valence-corrected chi connectivity index (χ4v) is 2.95. The summed E-state index contributed by atoms with van der Waals surface area (Å²) in [4.78, 5) is 11.9. The Morgan fingerprint density at radius 3 is 2.88 bits per heavy atom. The Morgan fingerprint density at radius 1 is 1.47 bits per heavy atom. The van der Waals surface area contributed by atoms with Crippen molar-refractivity contribution in [3.05, 3.63) is 16.3 Å². The van der Waals surface area contributed by atoms with Gasteiger partial charge < -0.3 is 10.5 Å². The van der Waals surface area contributed by atoms with Crippen LogP contribution in [0.2, 0.25) is 0 Å². The number of hydrogen-bond acceptors (Lipinski definition) is 4. The first-order chi connectivity index (χ1) is 8.21. The van der Waals surface area contributed by atoms with Crippen LogP contribution in [0.25, 0.3) is 0 Å². The minimum absolute atomic E-state index is 0.0947. The van der Waals surface area contributed by atoms with E-state index in [-0.39, 0.29) is 11.7 Å². The first kappa shape index (κ1) is 11.0. The zero-order valence-corrected chi connectivity index (χ0v) is 9.82. The Balaban J connectivity index is 2.02. The van der Waals surface area contributed by atoms with Crippen LogP contribution in [0.3, 0.4) is 0 Å². The molecule has 1 unspecified atom stereocenters. The van der Waals surface area contributed by atoms with E-state index in [0.717, 1.165) is 37.9 Å². The van der Waals surface area contributed by atoms with Crippen molar-refractivity contribution in [3.8, 4) is 0 Å². The van der Waals surface area contributed by atoms with Crippen LogP contribution in [-0.4, -0.2) is 28.0 Å². The van der Waals surface area contributed by atoms with Crippen LogP contribution in [0.15, 0.2) is 4.79 Å². The molecule has 0 spiro atoms. The van der Waals surface area contributed by atoms with E-state index < -0.39 is 5.54 Å². The number of H-pyrrole nitrogens is 1. The Morgan fingerprint density at radius 2 is 2.24 bits per heavy atom. The summed E-state index contributed by atoms with van der Waals surface area (Å²) in [5, 5.41) is 6.70. The standard InChI is InChI=1S/C11H18N4O2/c12-11(4-1-2-5-11)9-13-14-10(16)15(9)8-3-6-17-7-8/h8H,1-7,12H2,(H,14,16). The number of ether oxygens (including phenoxy) is 1. The summed E-state index contributed by atoms with van der Waals surface area (Å²) in [5.41, 5.74) is 5.79. The Kier molecular flexibility index (Phi) is 2.56.